The molecule has 0 amide bonds. The molecule has 1 aromatic carbocycles. The molecule has 0 saturated carbocycles. The highest BCUT2D eigenvalue weighted by atomic mass is 127. The average molecular weight is 238 g/mol. The van der Waals surface area contributed by atoms with Crippen LogP contribution in [0.1, 0.15) is 0 Å². The molecule has 0 bridgehead atoms. The maximum atomic E-state index is 8.67. The van der Waals surface area contributed by atoms with Gasteiger partial charge < -0.3 is 10.2 Å². The van der Waals surface area contributed by atoms with Gasteiger partial charge in [-0.25, -0.2) is 0 Å². The third-order valence-electron chi connectivity index (χ3n) is 0.882. The van der Waals surface area contributed by atoms with E-state index < -0.39 is 0 Å². The number of para-hydroxylation sites is 2. The number of hydrogen-bond acceptors (Lipinski definition) is 2. The molecule has 0 heterocycles. The molecule has 50 valence electrons. The number of halogens is 1. The van der Waals surface area contributed by atoms with Crippen LogP contribution in [0.15, 0.2) is 24.3 Å². The highest BCUT2D eigenvalue weighted by molar-refractivity contribution is 14.0. The summed E-state index contributed by atoms with van der Waals surface area (Å²) in [5, 5.41) is 17.3. The van der Waals surface area contributed by atoms with Gasteiger partial charge in [0.15, 0.2) is 11.5 Å². The highest BCUT2D eigenvalue weighted by Crippen LogP contribution is 2.21. The Balaban J connectivity index is 0.000000640. The van der Waals surface area contributed by atoms with Crippen molar-refractivity contribution in [1.82, 2.24) is 0 Å². The van der Waals surface area contributed by atoms with Gasteiger partial charge in [-0.3, -0.25) is 0 Å². The lowest BCUT2D eigenvalue weighted by Gasteiger charge is -1.91. The zero-order valence-corrected chi connectivity index (χ0v) is 6.94. The largest absolute Gasteiger partial charge is 0.504 e. The zero-order chi connectivity index (χ0) is 5.98. The Bertz CT molecular complexity index is 167. The molecule has 9 heavy (non-hydrogen) atoms. The molecule has 0 aliphatic carbocycles. The predicted octanol–water partition coefficient (Wildman–Crippen LogP) is 1.72. The van der Waals surface area contributed by atoms with Gasteiger partial charge in [-0.2, -0.15) is 0 Å². The van der Waals surface area contributed by atoms with Crippen LogP contribution in [0.25, 0.3) is 0 Å². The Morgan fingerprint density at radius 1 is 0.889 bits per heavy atom. The molecule has 1 aromatic rings. The smallest absolute Gasteiger partial charge is 0.157 e. The lowest BCUT2D eigenvalue weighted by molar-refractivity contribution is 0.404. The molecule has 0 saturated heterocycles. The second-order valence-corrected chi connectivity index (χ2v) is 1.49. The van der Waals surface area contributed by atoms with Gasteiger partial charge in [0.2, 0.25) is 0 Å². The second-order valence-electron chi connectivity index (χ2n) is 1.49. The van der Waals surface area contributed by atoms with E-state index in [1.54, 1.807) is 12.1 Å². The lowest BCUT2D eigenvalue weighted by Crippen LogP contribution is -1.63. The van der Waals surface area contributed by atoms with Crippen molar-refractivity contribution in [1.29, 1.82) is 0 Å². The number of phenols is 2. The lowest BCUT2D eigenvalue weighted by atomic mass is 10.3. The molecule has 0 radical (unpaired) electrons. The molecule has 0 aliphatic rings. The van der Waals surface area contributed by atoms with Crippen LogP contribution in [0.4, 0.5) is 0 Å². The maximum absolute atomic E-state index is 8.67. The summed E-state index contributed by atoms with van der Waals surface area (Å²) < 4.78 is 0. The van der Waals surface area contributed by atoms with Crippen molar-refractivity contribution >= 4 is 24.0 Å². The fourth-order valence-corrected chi connectivity index (χ4v) is 0.464. The minimum Gasteiger partial charge on any atom is -0.504 e. The van der Waals surface area contributed by atoms with Gasteiger partial charge in [-0.05, 0) is 12.1 Å². The second kappa shape index (κ2) is 3.55. The first-order valence-corrected chi connectivity index (χ1v) is 2.27. The highest BCUT2D eigenvalue weighted by Gasteiger charge is 1.90. The van der Waals surface area contributed by atoms with Gasteiger partial charge in [0.05, 0.1) is 0 Å². The molecule has 2 N–H and O–H groups in total. The fourth-order valence-electron chi connectivity index (χ4n) is 0.464. The van der Waals surface area contributed by atoms with Crippen molar-refractivity contribution in [3.63, 3.8) is 0 Å². The Morgan fingerprint density at radius 3 is 1.44 bits per heavy atom. The van der Waals surface area contributed by atoms with Crippen molar-refractivity contribution in [2.75, 3.05) is 0 Å². The Kier molecular flexibility index (Phi) is 3.37. The minimum atomic E-state index is -0.0764. The van der Waals surface area contributed by atoms with Gasteiger partial charge in [0, 0.05) is 0 Å². The van der Waals surface area contributed by atoms with Crippen LogP contribution in [0, 0.1) is 0 Å². The van der Waals surface area contributed by atoms with E-state index in [1.807, 2.05) is 0 Å². The standard InChI is InChI=1S/C6H6O2.HI/c7-5-3-1-2-4-6(5)8;/h1-4,7-8H;1H. The molecule has 3 heteroatoms. The molecular formula is C6H7IO2. The summed E-state index contributed by atoms with van der Waals surface area (Å²) in [5.74, 6) is -0.153. The van der Waals surface area contributed by atoms with Crippen LogP contribution < -0.4 is 0 Å². The normalized spacial score (nSPS) is 8.00. The van der Waals surface area contributed by atoms with Gasteiger partial charge in [0.25, 0.3) is 0 Å². The molecule has 0 aromatic heterocycles. The van der Waals surface area contributed by atoms with E-state index in [1.165, 1.54) is 12.1 Å². The van der Waals surface area contributed by atoms with Gasteiger partial charge in [-0.1, -0.05) is 12.1 Å². The third kappa shape index (κ3) is 2.09. The van der Waals surface area contributed by atoms with Crippen molar-refractivity contribution in [3.05, 3.63) is 24.3 Å². The monoisotopic (exact) mass is 238 g/mol. The van der Waals surface area contributed by atoms with Crippen molar-refractivity contribution < 1.29 is 10.2 Å². The van der Waals surface area contributed by atoms with Crippen molar-refractivity contribution in [2.45, 2.75) is 0 Å². The van der Waals surface area contributed by atoms with Crippen LogP contribution in [-0.2, 0) is 0 Å². The summed E-state index contributed by atoms with van der Waals surface area (Å²) in [4.78, 5) is 0. The first kappa shape index (κ1) is 8.55. The van der Waals surface area contributed by atoms with Crippen LogP contribution in [0.2, 0.25) is 0 Å². The molecule has 0 fully saturated rings. The van der Waals surface area contributed by atoms with Crippen molar-refractivity contribution in [2.24, 2.45) is 0 Å². The summed E-state index contributed by atoms with van der Waals surface area (Å²) in [6, 6.07) is 6.15. The fraction of sp³-hybridized carbons (Fsp3) is 0. The van der Waals surface area contributed by atoms with E-state index in [-0.39, 0.29) is 35.5 Å². The molecule has 0 spiro atoms. The Labute approximate surface area is 70.2 Å². The number of rotatable bonds is 0. The molecule has 0 aliphatic heterocycles. The van der Waals surface area contributed by atoms with E-state index >= 15 is 0 Å². The molecule has 0 unspecified atom stereocenters. The van der Waals surface area contributed by atoms with Gasteiger partial charge in [0.1, 0.15) is 0 Å². The Hall–Kier alpha value is -0.450. The molecule has 0 atom stereocenters. The van der Waals surface area contributed by atoms with Crippen LogP contribution >= 0.6 is 24.0 Å². The number of phenolic OH excluding ortho intramolecular Hbond substituents is 2. The van der Waals surface area contributed by atoms with Crippen molar-refractivity contribution in [3.8, 4) is 11.5 Å². The van der Waals surface area contributed by atoms with Crippen LogP contribution in [0.3, 0.4) is 0 Å². The van der Waals surface area contributed by atoms with E-state index in [0.717, 1.165) is 0 Å². The predicted molar refractivity (Wildman–Crippen MR) is 45.2 cm³/mol. The minimum absolute atomic E-state index is 0. The van der Waals surface area contributed by atoms with E-state index in [0.29, 0.717) is 0 Å². The zero-order valence-electron chi connectivity index (χ0n) is 4.61. The first-order valence-electron chi connectivity index (χ1n) is 2.27. The summed E-state index contributed by atoms with van der Waals surface area (Å²) in [5.41, 5.74) is 0. The molecule has 1 rings (SSSR count). The molecular weight excluding hydrogens is 231 g/mol. The molecule has 2 nitrogen and oxygen atoms in total. The van der Waals surface area contributed by atoms with E-state index in [4.69, 9.17) is 10.2 Å². The SMILES string of the molecule is I.Oc1ccccc1O. The summed E-state index contributed by atoms with van der Waals surface area (Å²) in [6.45, 7) is 0. The van der Waals surface area contributed by atoms with Gasteiger partial charge >= 0.3 is 0 Å². The number of hydrogen-bond donors (Lipinski definition) is 2. The summed E-state index contributed by atoms with van der Waals surface area (Å²) >= 11 is 0. The maximum Gasteiger partial charge on any atom is 0.157 e. The summed E-state index contributed by atoms with van der Waals surface area (Å²) in [7, 11) is 0. The van der Waals surface area contributed by atoms with E-state index in [2.05, 4.69) is 0 Å². The van der Waals surface area contributed by atoms with E-state index in [9.17, 15) is 0 Å². The number of benzene rings is 1. The first-order chi connectivity index (χ1) is 3.80. The van der Waals surface area contributed by atoms with Gasteiger partial charge in [-0.15, -0.1) is 24.0 Å². The number of aromatic hydroxyl groups is 2. The van der Waals surface area contributed by atoms with Crippen LogP contribution in [-0.4, -0.2) is 10.2 Å². The summed E-state index contributed by atoms with van der Waals surface area (Å²) in [6.07, 6.45) is 0. The third-order valence-corrected chi connectivity index (χ3v) is 0.882. The quantitative estimate of drug-likeness (QED) is 0.533. The Morgan fingerprint density at radius 2 is 1.22 bits per heavy atom. The van der Waals surface area contributed by atoms with Crippen LogP contribution in [0.5, 0.6) is 11.5 Å². The average Bonchev–Trinajstić information content (AvgIpc) is 1.77. The topological polar surface area (TPSA) is 40.5 Å².